The molecule has 1 amide bonds. The molecule has 3 fully saturated rings. The van der Waals surface area contributed by atoms with E-state index < -0.39 is 10.2 Å². The lowest BCUT2D eigenvalue weighted by molar-refractivity contribution is 0.0664. The van der Waals surface area contributed by atoms with Gasteiger partial charge in [-0.2, -0.15) is 28.8 Å². The van der Waals surface area contributed by atoms with Crippen molar-refractivity contribution in [2.45, 2.75) is 55.9 Å². The largest absolute Gasteiger partial charge is 0.451 e. The van der Waals surface area contributed by atoms with Crippen molar-refractivity contribution in [1.82, 2.24) is 13.5 Å². The Morgan fingerprint density at radius 3 is 2.30 bits per heavy atom. The maximum atomic E-state index is 13.5. The molecule has 1 saturated carbocycles. The molecule has 5 rings (SSSR count). The van der Waals surface area contributed by atoms with Gasteiger partial charge in [0.1, 0.15) is 5.58 Å². The Morgan fingerprint density at radius 1 is 0.909 bits per heavy atom. The molecule has 33 heavy (non-hydrogen) atoms. The summed E-state index contributed by atoms with van der Waals surface area (Å²) in [5.74, 6) is 1.07. The van der Waals surface area contributed by atoms with E-state index in [1.165, 1.54) is 36.4 Å². The van der Waals surface area contributed by atoms with Gasteiger partial charge in [0.05, 0.1) is 0 Å². The fraction of sp³-hybridized carbons (Fsp3) is 0.625. The van der Waals surface area contributed by atoms with E-state index >= 15 is 0 Å². The fourth-order valence-corrected chi connectivity index (χ4v) is 8.22. The number of piperazine rings is 1. The van der Waals surface area contributed by atoms with E-state index in [1.807, 2.05) is 36.0 Å². The molecule has 0 bridgehead atoms. The summed E-state index contributed by atoms with van der Waals surface area (Å²) in [6, 6.07) is 7.87. The van der Waals surface area contributed by atoms with Crippen LogP contribution in [0.1, 0.15) is 61.1 Å². The van der Waals surface area contributed by atoms with Crippen LogP contribution in [-0.2, 0) is 16.0 Å². The van der Waals surface area contributed by atoms with Crippen LogP contribution in [0, 0.1) is 0 Å². The van der Waals surface area contributed by atoms with Crippen molar-refractivity contribution >= 4 is 38.8 Å². The first-order chi connectivity index (χ1) is 16.0. The van der Waals surface area contributed by atoms with Crippen molar-refractivity contribution in [2.24, 2.45) is 0 Å². The summed E-state index contributed by atoms with van der Waals surface area (Å²) < 4.78 is 34.9. The van der Waals surface area contributed by atoms with Gasteiger partial charge in [-0.1, -0.05) is 37.5 Å². The molecule has 1 aromatic carbocycles. The minimum Gasteiger partial charge on any atom is -0.451 e. The molecule has 0 N–H and O–H groups in total. The van der Waals surface area contributed by atoms with Gasteiger partial charge < -0.3 is 9.32 Å². The third kappa shape index (κ3) is 4.83. The molecule has 0 radical (unpaired) electrons. The molecule has 3 heterocycles. The fourth-order valence-electron chi connectivity index (χ4n) is 5.20. The van der Waals surface area contributed by atoms with Crippen molar-refractivity contribution in [2.75, 3.05) is 39.3 Å². The van der Waals surface area contributed by atoms with Crippen LogP contribution in [0.25, 0.3) is 11.0 Å². The lowest BCUT2D eigenvalue weighted by atomic mass is 10.0. The molecule has 3 aliphatic rings. The van der Waals surface area contributed by atoms with Crippen LogP contribution < -0.4 is 0 Å². The number of nitrogens with zero attached hydrogens (tertiary/aromatic N) is 3. The molecule has 7 nitrogen and oxygen atoms in total. The van der Waals surface area contributed by atoms with Crippen LogP contribution in [0.2, 0.25) is 0 Å². The van der Waals surface area contributed by atoms with E-state index in [-0.39, 0.29) is 5.91 Å². The van der Waals surface area contributed by atoms with Crippen LogP contribution in [0.3, 0.4) is 0 Å². The van der Waals surface area contributed by atoms with Gasteiger partial charge in [-0.3, -0.25) is 4.79 Å². The number of hydrogen-bond donors (Lipinski definition) is 0. The molecule has 2 aliphatic heterocycles. The Labute approximate surface area is 200 Å². The van der Waals surface area contributed by atoms with Crippen molar-refractivity contribution < 1.29 is 17.6 Å². The summed E-state index contributed by atoms with van der Waals surface area (Å²) in [7, 11) is -3.42. The van der Waals surface area contributed by atoms with Gasteiger partial charge in [0.2, 0.25) is 0 Å². The number of thioether (sulfide) groups is 1. The van der Waals surface area contributed by atoms with E-state index in [9.17, 15) is 13.2 Å². The minimum atomic E-state index is -3.42. The Balaban J connectivity index is 1.30. The number of para-hydroxylation sites is 1. The number of furan rings is 1. The zero-order chi connectivity index (χ0) is 22.8. The van der Waals surface area contributed by atoms with Gasteiger partial charge in [-0.25, -0.2) is 0 Å². The highest BCUT2D eigenvalue weighted by molar-refractivity contribution is 7.99. The van der Waals surface area contributed by atoms with Gasteiger partial charge in [0, 0.05) is 61.2 Å². The van der Waals surface area contributed by atoms with E-state index in [0.29, 0.717) is 50.3 Å². The van der Waals surface area contributed by atoms with Crippen molar-refractivity contribution in [3.05, 3.63) is 35.6 Å². The van der Waals surface area contributed by atoms with Crippen LogP contribution in [0.5, 0.6) is 0 Å². The highest BCUT2D eigenvalue weighted by atomic mass is 32.2. The quantitative estimate of drug-likeness (QED) is 0.608. The summed E-state index contributed by atoms with van der Waals surface area (Å²) in [6.07, 6.45) is 8.25. The van der Waals surface area contributed by atoms with Crippen LogP contribution in [0.4, 0.5) is 0 Å². The van der Waals surface area contributed by atoms with Gasteiger partial charge >= 0.3 is 0 Å². The van der Waals surface area contributed by atoms with E-state index in [0.717, 1.165) is 35.1 Å². The van der Waals surface area contributed by atoms with E-state index in [1.54, 1.807) is 9.21 Å². The number of amides is 1. The summed E-state index contributed by atoms with van der Waals surface area (Å²) in [5.41, 5.74) is 1.73. The second-order valence-corrected chi connectivity index (χ2v) is 12.5. The standard InChI is InChI=1S/C24H33N3O4S2/c28-24(25-14-16-27(17-15-25)33(29,30)26-12-6-7-13-26)23-21(18-32-19-8-2-1-3-9-19)20-10-4-5-11-22(20)31-23/h4-5,10-11,19H,1-3,6-9,12-18H2. The molecular weight excluding hydrogens is 458 g/mol. The lowest BCUT2D eigenvalue weighted by Gasteiger charge is -2.35. The second-order valence-electron chi connectivity index (χ2n) is 9.28. The number of carbonyl (C=O) groups is 1. The van der Waals surface area contributed by atoms with Crippen molar-refractivity contribution in [3.8, 4) is 0 Å². The third-order valence-electron chi connectivity index (χ3n) is 7.15. The molecule has 1 aliphatic carbocycles. The van der Waals surface area contributed by atoms with E-state index in [2.05, 4.69) is 0 Å². The Kier molecular flexibility index (Phi) is 7.02. The Bertz CT molecular complexity index is 1080. The zero-order valence-corrected chi connectivity index (χ0v) is 20.7. The zero-order valence-electron chi connectivity index (χ0n) is 19.1. The van der Waals surface area contributed by atoms with Crippen molar-refractivity contribution in [3.63, 3.8) is 0 Å². The summed E-state index contributed by atoms with van der Waals surface area (Å²) >= 11 is 1.94. The average Bonchev–Trinajstić information content (AvgIpc) is 3.52. The summed E-state index contributed by atoms with van der Waals surface area (Å²) in [6.45, 7) is 2.63. The van der Waals surface area contributed by atoms with Crippen molar-refractivity contribution in [1.29, 1.82) is 0 Å². The maximum absolute atomic E-state index is 13.5. The molecule has 180 valence electrons. The van der Waals surface area contributed by atoms with Gasteiger partial charge in [0.15, 0.2) is 5.76 Å². The number of benzene rings is 1. The van der Waals surface area contributed by atoms with Gasteiger partial charge in [-0.05, 0) is 31.7 Å². The van der Waals surface area contributed by atoms with Crippen LogP contribution in [-0.4, -0.2) is 72.4 Å². The summed E-state index contributed by atoms with van der Waals surface area (Å²) in [4.78, 5) is 15.3. The smallest absolute Gasteiger partial charge is 0.290 e. The normalized spacial score (nSPS) is 21.8. The molecule has 2 saturated heterocycles. The molecule has 0 unspecified atom stereocenters. The number of hydrogen-bond acceptors (Lipinski definition) is 5. The SMILES string of the molecule is O=C(c1oc2ccccc2c1CSC1CCCCC1)N1CCN(S(=O)(=O)N2CCCC2)CC1. The molecule has 9 heteroatoms. The lowest BCUT2D eigenvalue weighted by Crippen LogP contribution is -2.53. The first-order valence-electron chi connectivity index (χ1n) is 12.2. The van der Waals surface area contributed by atoms with Gasteiger partial charge in [0.25, 0.3) is 16.1 Å². The maximum Gasteiger partial charge on any atom is 0.290 e. The summed E-state index contributed by atoms with van der Waals surface area (Å²) in [5, 5.41) is 1.66. The number of carbonyl (C=O) groups excluding carboxylic acids is 1. The van der Waals surface area contributed by atoms with Crippen LogP contribution >= 0.6 is 11.8 Å². The minimum absolute atomic E-state index is 0.122. The highest BCUT2D eigenvalue weighted by Crippen LogP contribution is 2.35. The molecule has 2 aromatic rings. The van der Waals surface area contributed by atoms with Gasteiger partial charge in [-0.15, -0.1) is 0 Å². The molecule has 0 atom stereocenters. The Hall–Kier alpha value is -1.55. The first-order valence-corrected chi connectivity index (χ1v) is 14.6. The monoisotopic (exact) mass is 491 g/mol. The molecule has 0 spiro atoms. The topological polar surface area (TPSA) is 74.1 Å². The van der Waals surface area contributed by atoms with Crippen LogP contribution in [0.15, 0.2) is 28.7 Å². The predicted molar refractivity (Wildman–Crippen MR) is 132 cm³/mol. The second kappa shape index (κ2) is 9.98. The average molecular weight is 492 g/mol. The highest BCUT2D eigenvalue weighted by Gasteiger charge is 2.36. The number of fused-ring (bicyclic) bond motifs is 1. The first kappa shape index (κ1) is 23.2. The number of rotatable bonds is 6. The molecular formula is C24H33N3O4S2. The molecule has 1 aromatic heterocycles. The Morgan fingerprint density at radius 2 is 1.58 bits per heavy atom. The third-order valence-corrected chi connectivity index (χ3v) is 10.6. The van der Waals surface area contributed by atoms with E-state index in [4.69, 9.17) is 4.42 Å². The predicted octanol–water partition coefficient (Wildman–Crippen LogP) is 4.10.